The highest BCUT2D eigenvalue weighted by Gasteiger charge is 2.06. The van der Waals surface area contributed by atoms with Gasteiger partial charge in [0.25, 0.3) is 0 Å². The van der Waals surface area contributed by atoms with Crippen LogP contribution in [0.25, 0.3) is 0 Å². The zero-order valence-electron chi connectivity index (χ0n) is 11.5. The minimum atomic E-state index is 0.668. The van der Waals surface area contributed by atoms with Crippen LogP contribution in [0.1, 0.15) is 11.5 Å². The van der Waals surface area contributed by atoms with E-state index in [1.165, 1.54) is 0 Å². The number of furan rings is 1. The average Bonchev–Trinajstić information content (AvgIpc) is 2.85. The topological polar surface area (TPSA) is 41.3 Å². The van der Waals surface area contributed by atoms with E-state index in [-0.39, 0.29) is 0 Å². The summed E-state index contributed by atoms with van der Waals surface area (Å²) in [5, 5.41) is 3.36. The van der Waals surface area contributed by atoms with Crippen LogP contribution < -0.4 is 10.2 Å². The van der Waals surface area contributed by atoms with Gasteiger partial charge in [0.05, 0.1) is 18.0 Å². The predicted octanol–water partition coefficient (Wildman–Crippen LogP) is 3.22. The third-order valence-electron chi connectivity index (χ3n) is 2.67. The van der Waals surface area contributed by atoms with Crippen molar-refractivity contribution in [2.45, 2.75) is 12.3 Å². The van der Waals surface area contributed by atoms with Crippen LogP contribution in [0.4, 0.5) is 11.5 Å². The quantitative estimate of drug-likeness (QED) is 0.878. The van der Waals surface area contributed by atoms with Crippen LogP contribution in [0, 0.1) is 0 Å². The van der Waals surface area contributed by atoms with Crippen molar-refractivity contribution in [3.63, 3.8) is 0 Å². The Morgan fingerprint density at radius 3 is 2.79 bits per heavy atom. The van der Waals surface area contributed by atoms with Crippen molar-refractivity contribution >= 4 is 23.3 Å². The number of hydrogen-bond donors (Lipinski definition) is 1. The second-order valence-corrected chi connectivity index (χ2v) is 5.29. The van der Waals surface area contributed by atoms with Crippen molar-refractivity contribution in [3.8, 4) is 0 Å². The van der Waals surface area contributed by atoms with Gasteiger partial charge in [-0.05, 0) is 30.5 Å². The van der Waals surface area contributed by atoms with Crippen LogP contribution in [-0.2, 0) is 12.3 Å². The number of anilines is 2. The van der Waals surface area contributed by atoms with Gasteiger partial charge >= 0.3 is 0 Å². The monoisotopic (exact) mass is 277 g/mol. The number of rotatable bonds is 6. The second-order valence-electron chi connectivity index (χ2n) is 4.42. The number of thioether (sulfide) groups is 1. The van der Waals surface area contributed by atoms with Crippen LogP contribution in [-0.4, -0.2) is 25.3 Å². The largest absolute Gasteiger partial charge is 0.463 e. The Hall–Kier alpha value is -1.62. The van der Waals surface area contributed by atoms with E-state index in [9.17, 15) is 0 Å². The van der Waals surface area contributed by atoms with Crippen molar-refractivity contribution in [2.75, 3.05) is 30.6 Å². The fourth-order valence-corrected chi connectivity index (χ4v) is 2.25. The molecular formula is C14H19N3OS. The summed E-state index contributed by atoms with van der Waals surface area (Å²) in [5.41, 5.74) is 1.01. The Kier molecular flexibility index (Phi) is 4.74. The number of aromatic nitrogens is 1. The highest BCUT2D eigenvalue weighted by atomic mass is 32.2. The van der Waals surface area contributed by atoms with Gasteiger partial charge < -0.3 is 14.6 Å². The zero-order valence-corrected chi connectivity index (χ0v) is 12.3. The lowest BCUT2D eigenvalue weighted by Crippen LogP contribution is -2.13. The number of hydrogen-bond acceptors (Lipinski definition) is 5. The summed E-state index contributed by atoms with van der Waals surface area (Å²) in [6.07, 6.45) is 3.86. The normalized spacial score (nSPS) is 10.5. The molecule has 0 fully saturated rings. The summed E-state index contributed by atoms with van der Waals surface area (Å²) >= 11 is 1.76. The molecule has 1 N–H and O–H groups in total. The molecule has 0 spiro atoms. The minimum absolute atomic E-state index is 0.668. The number of nitrogens with zero attached hydrogens (tertiary/aromatic N) is 2. The molecule has 2 aromatic rings. The molecule has 0 aliphatic carbocycles. The van der Waals surface area contributed by atoms with Gasteiger partial charge in [-0.15, -0.1) is 0 Å². The van der Waals surface area contributed by atoms with Crippen molar-refractivity contribution < 1.29 is 4.42 Å². The lowest BCUT2D eigenvalue weighted by Gasteiger charge is -2.16. The summed E-state index contributed by atoms with van der Waals surface area (Å²) in [5.74, 6) is 3.80. The Morgan fingerprint density at radius 1 is 1.26 bits per heavy atom. The van der Waals surface area contributed by atoms with Crippen molar-refractivity contribution in [1.82, 2.24) is 4.98 Å². The van der Waals surface area contributed by atoms with Crippen LogP contribution >= 0.6 is 11.8 Å². The molecule has 0 atom stereocenters. The van der Waals surface area contributed by atoms with Gasteiger partial charge in [0, 0.05) is 20.3 Å². The highest BCUT2D eigenvalue weighted by molar-refractivity contribution is 7.97. The highest BCUT2D eigenvalue weighted by Crippen LogP contribution is 2.21. The molecule has 0 aliphatic heterocycles. The first kappa shape index (κ1) is 13.8. The third kappa shape index (κ3) is 3.67. The standard InChI is InChI=1S/C14H19N3OS/c1-17(2)14-13(5-4-8-15-14)16-9-11-6-7-12(18-11)10-19-3/h4-8,16H,9-10H2,1-3H3. The van der Waals surface area contributed by atoms with Crippen LogP contribution in [0.3, 0.4) is 0 Å². The summed E-state index contributed by atoms with van der Waals surface area (Å²) in [6.45, 7) is 0.668. The van der Waals surface area contributed by atoms with E-state index in [1.54, 1.807) is 18.0 Å². The predicted molar refractivity (Wildman–Crippen MR) is 81.8 cm³/mol. The van der Waals surface area contributed by atoms with E-state index in [2.05, 4.69) is 16.6 Å². The Labute approximate surface area is 118 Å². The van der Waals surface area contributed by atoms with Crippen LogP contribution in [0.15, 0.2) is 34.9 Å². The Morgan fingerprint density at radius 2 is 2.05 bits per heavy atom. The molecule has 4 nitrogen and oxygen atoms in total. The lowest BCUT2D eigenvalue weighted by atomic mass is 10.3. The van der Waals surface area contributed by atoms with Gasteiger partial charge in [-0.25, -0.2) is 4.98 Å². The Bertz CT molecular complexity index is 525. The molecule has 102 valence electrons. The first-order valence-corrected chi connectivity index (χ1v) is 7.53. The molecule has 0 bridgehead atoms. The first-order valence-electron chi connectivity index (χ1n) is 6.13. The maximum absolute atomic E-state index is 5.73. The maximum atomic E-state index is 5.73. The van der Waals surface area contributed by atoms with Crippen LogP contribution in [0.5, 0.6) is 0 Å². The number of pyridine rings is 1. The maximum Gasteiger partial charge on any atom is 0.151 e. The molecule has 0 saturated carbocycles. The molecule has 0 aliphatic rings. The van der Waals surface area contributed by atoms with Gasteiger partial charge in [0.1, 0.15) is 11.5 Å². The zero-order chi connectivity index (χ0) is 13.7. The molecule has 5 heteroatoms. The van der Waals surface area contributed by atoms with E-state index >= 15 is 0 Å². The molecule has 0 saturated heterocycles. The molecule has 2 heterocycles. The van der Waals surface area contributed by atoms with E-state index in [1.807, 2.05) is 43.3 Å². The molecule has 2 rings (SSSR count). The fraction of sp³-hybridized carbons (Fsp3) is 0.357. The molecule has 19 heavy (non-hydrogen) atoms. The number of nitrogens with one attached hydrogen (secondary N) is 1. The smallest absolute Gasteiger partial charge is 0.151 e. The van der Waals surface area contributed by atoms with Crippen molar-refractivity contribution in [1.29, 1.82) is 0 Å². The van der Waals surface area contributed by atoms with E-state index in [0.29, 0.717) is 6.54 Å². The molecule has 2 aromatic heterocycles. The Balaban J connectivity index is 2.01. The van der Waals surface area contributed by atoms with Crippen molar-refractivity contribution in [3.05, 3.63) is 42.0 Å². The molecule has 0 unspecified atom stereocenters. The van der Waals surface area contributed by atoms with Gasteiger partial charge in [-0.2, -0.15) is 11.8 Å². The molecule has 0 radical (unpaired) electrons. The van der Waals surface area contributed by atoms with Gasteiger partial charge in [0.15, 0.2) is 5.82 Å². The van der Waals surface area contributed by atoms with Gasteiger partial charge in [0.2, 0.25) is 0 Å². The summed E-state index contributed by atoms with van der Waals surface area (Å²) in [4.78, 5) is 6.34. The average molecular weight is 277 g/mol. The molecule has 0 aromatic carbocycles. The minimum Gasteiger partial charge on any atom is -0.463 e. The van der Waals surface area contributed by atoms with E-state index < -0.39 is 0 Å². The summed E-state index contributed by atoms with van der Waals surface area (Å²) in [7, 11) is 3.97. The molecule has 0 amide bonds. The summed E-state index contributed by atoms with van der Waals surface area (Å²) < 4.78 is 5.73. The van der Waals surface area contributed by atoms with E-state index in [0.717, 1.165) is 28.8 Å². The fourth-order valence-electron chi connectivity index (χ4n) is 1.81. The van der Waals surface area contributed by atoms with Gasteiger partial charge in [-0.1, -0.05) is 0 Å². The summed E-state index contributed by atoms with van der Waals surface area (Å²) in [6, 6.07) is 8.00. The van der Waals surface area contributed by atoms with Gasteiger partial charge in [-0.3, -0.25) is 0 Å². The lowest BCUT2D eigenvalue weighted by molar-refractivity contribution is 0.487. The third-order valence-corrected chi connectivity index (χ3v) is 3.24. The van der Waals surface area contributed by atoms with Crippen molar-refractivity contribution in [2.24, 2.45) is 0 Å². The first-order chi connectivity index (χ1) is 9.20. The van der Waals surface area contributed by atoms with E-state index in [4.69, 9.17) is 4.42 Å². The molecular weight excluding hydrogens is 258 g/mol. The SMILES string of the molecule is CSCc1ccc(CNc2cccnc2N(C)C)o1. The second kappa shape index (κ2) is 6.52. The van der Waals surface area contributed by atoms with Crippen LogP contribution in [0.2, 0.25) is 0 Å².